The van der Waals surface area contributed by atoms with Gasteiger partial charge in [0, 0.05) is 5.69 Å². The average Bonchev–Trinajstić information content (AvgIpc) is 2.35. The topological polar surface area (TPSA) is 78.4 Å². The molecule has 1 atom stereocenters. The van der Waals surface area contributed by atoms with Gasteiger partial charge in [0.15, 0.2) is 0 Å². The van der Waals surface area contributed by atoms with Gasteiger partial charge in [-0.05, 0) is 29.5 Å². The van der Waals surface area contributed by atoms with Crippen molar-refractivity contribution in [2.45, 2.75) is 39.7 Å². The summed E-state index contributed by atoms with van der Waals surface area (Å²) in [6, 6.07) is 6.09. The Morgan fingerprint density at radius 3 is 2.00 bits per heavy atom. The number of nitrogens with one attached hydrogen (secondary N) is 2. The van der Waals surface area contributed by atoms with Crippen LogP contribution in [-0.4, -0.2) is 23.1 Å². The molecule has 1 rings (SSSR count). The molecule has 110 valence electrons. The molecule has 0 aliphatic rings. The van der Waals surface area contributed by atoms with Crippen LogP contribution in [0.4, 0.5) is 10.5 Å². The van der Waals surface area contributed by atoms with E-state index >= 15 is 0 Å². The summed E-state index contributed by atoms with van der Waals surface area (Å²) in [6.45, 7) is 7.68. The second-order valence-corrected chi connectivity index (χ2v) is 5.44. The number of anilines is 1. The van der Waals surface area contributed by atoms with Crippen LogP contribution in [0.3, 0.4) is 0 Å². The van der Waals surface area contributed by atoms with Crippen LogP contribution in [0.1, 0.15) is 39.2 Å². The molecule has 20 heavy (non-hydrogen) atoms. The maximum absolute atomic E-state index is 11.8. The normalized spacial score (nSPS) is 12.3. The Morgan fingerprint density at radius 1 is 1.05 bits per heavy atom. The molecule has 3 N–H and O–H groups in total. The smallest absolute Gasteiger partial charge is 0.326 e. The lowest BCUT2D eigenvalue weighted by atomic mass is 10.0. The zero-order valence-electron chi connectivity index (χ0n) is 12.3. The molecule has 0 spiro atoms. The molecule has 2 amide bonds. The van der Waals surface area contributed by atoms with Gasteiger partial charge >= 0.3 is 12.0 Å². The van der Waals surface area contributed by atoms with Crippen molar-refractivity contribution in [1.29, 1.82) is 0 Å². The van der Waals surface area contributed by atoms with Crippen LogP contribution in [0, 0.1) is 5.92 Å². The van der Waals surface area contributed by atoms with Crippen LogP contribution in [0.25, 0.3) is 0 Å². The van der Waals surface area contributed by atoms with Crippen molar-refractivity contribution in [2.75, 3.05) is 5.32 Å². The number of carbonyl (C=O) groups is 2. The first-order chi connectivity index (χ1) is 9.31. The fraction of sp³-hybridized carbons (Fsp3) is 0.467. The van der Waals surface area contributed by atoms with Crippen LogP contribution in [0.5, 0.6) is 0 Å². The number of hydrogen-bond acceptors (Lipinski definition) is 2. The van der Waals surface area contributed by atoms with E-state index in [2.05, 4.69) is 24.5 Å². The molecule has 0 radical (unpaired) electrons. The van der Waals surface area contributed by atoms with Crippen molar-refractivity contribution in [3.8, 4) is 0 Å². The van der Waals surface area contributed by atoms with Gasteiger partial charge in [-0.2, -0.15) is 0 Å². The first-order valence-corrected chi connectivity index (χ1v) is 6.71. The predicted molar refractivity (Wildman–Crippen MR) is 78.9 cm³/mol. The third-order valence-corrected chi connectivity index (χ3v) is 3.05. The summed E-state index contributed by atoms with van der Waals surface area (Å²) >= 11 is 0. The SMILES string of the molecule is CC(C)c1ccc(NC(=O)N[C@@H](C(=O)O)C(C)C)cc1. The first-order valence-electron chi connectivity index (χ1n) is 6.71. The molecule has 0 bridgehead atoms. The minimum Gasteiger partial charge on any atom is -0.480 e. The number of benzene rings is 1. The van der Waals surface area contributed by atoms with Gasteiger partial charge in [-0.15, -0.1) is 0 Å². The molecule has 0 aromatic heterocycles. The van der Waals surface area contributed by atoms with Gasteiger partial charge in [0.25, 0.3) is 0 Å². The van der Waals surface area contributed by atoms with Crippen molar-refractivity contribution >= 4 is 17.7 Å². The molecule has 5 nitrogen and oxygen atoms in total. The van der Waals surface area contributed by atoms with E-state index in [1.807, 2.05) is 12.1 Å². The summed E-state index contributed by atoms with van der Waals surface area (Å²) < 4.78 is 0. The monoisotopic (exact) mass is 278 g/mol. The molecule has 0 aliphatic carbocycles. The summed E-state index contributed by atoms with van der Waals surface area (Å²) in [5.74, 6) is -0.790. The zero-order chi connectivity index (χ0) is 15.3. The summed E-state index contributed by atoms with van der Waals surface area (Å²) in [7, 11) is 0. The second kappa shape index (κ2) is 6.93. The van der Waals surface area contributed by atoms with Crippen LogP contribution in [0.15, 0.2) is 24.3 Å². The van der Waals surface area contributed by atoms with Gasteiger partial charge in [0.05, 0.1) is 0 Å². The van der Waals surface area contributed by atoms with Gasteiger partial charge in [0.2, 0.25) is 0 Å². The largest absolute Gasteiger partial charge is 0.480 e. The van der Waals surface area contributed by atoms with Crippen molar-refractivity contribution < 1.29 is 14.7 Å². The van der Waals surface area contributed by atoms with Gasteiger partial charge < -0.3 is 15.7 Å². The van der Waals surface area contributed by atoms with E-state index in [4.69, 9.17) is 5.11 Å². The fourth-order valence-electron chi connectivity index (χ4n) is 1.77. The maximum atomic E-state index is 11.8. The number of aliphatic carboxylic acids is 1. The van der Waals surface area contributed by atoms with Crippen molar-refractivity contribution in [2.24, 2.45) is 5.92 Å². The van der Waals surface area contributed by atoms with Crippen molar-refractivity contribution in [3.05, 3.63) is 29.8 Å². The first kappa shape index (κ1) is 16.0. The number of carboxylic acid groups (broad SMARTS) is 1. The van der Waals surface area contributed by atoms with Gasteiger partial charge in [-0.25, -0.2) is 9.59 Å². The summed E-state index contributed by atoms with van der Waals surface area (Å²) in [4.78, 5) is 22.8. The predicted octanol–water partition coefficient (Wildman–Crippen LogP) is 3.04. The Kier molecular flexibility index (Phi) is 5.55. The number of amides is 2. The van der Waals surface area contributed by atoms with Gasteiger partial charge in [-0.3, -0.25) is 0 Å². The highest BCUT2D eigenvalue weighted by Gasteiger charge is 2.23. The minimum absolute atomic E-state index is 0.179. The number of hydrogen-bond donors (Lipinski definition) is 3. The molecule has 0 saturated carbocycles. The van der Waals surface area contributed by atoms with Gasteiger partial charge in [0.1, 0.15) is 6.04 Å². The van der Waals surface area contributed by atoms with Crippen LogP contribution < -0.4 is 10.6 Å². The number of carboxylic acids is 1. The molecule has 0 fully saturated rings. The molecule has 5 heteroatoms. The third kappa shape index (κ3) is 4.57. The molecular formula is C15H22N2O3. The van der Waals surface area contributed by atoms with Crippen LogP contribution >= 0.6 is 0 Å². The van der Waals surface area contributed by atoms with Crippen molar-refractivity contribution in [1.82, 2.24) is 5.32 Å². The standard InChI is InChI=1S/C15H22N2O3/c1-9(2)11-5-7-12(8-6-11)16-15(20)17-13(10(3)4)14(18)19/h5-10,13H,1-4H3,(H,18,19)(H2,16,17,20)/t13-/m1/s1. The molecule has 0 aliphatic heterocycles. The highest BCUT2D eigenvalue weighted by Crippen LogP contribution is 2.17. The molecule has 0 saturated heterocycles. The zero-order valence-corrected chi connectivity index (χ0v) is 12.3. The Bertz CT molecular complexity index is 467. The molecule has 1 aromatic rings. The molecule has 0 heterocycles. The Labute approximate surface area is 119 Å². The van der Waals surface area contributed by atoms with E-state index in [0.29, 0.717) is 11.6 Å². The summed E-state index contributed by atoms with van der Waals surface area (Å²) in [6.07, 6.45) is 0. The van der Waals surface area contributed by atoms with Crippen LogP contribution in [-0.2, 0) is 4.79 Å². The lowest BCUT2D eigenvalue weighted by molar-refractivity contribution is -0.140. The average molecular weight is 278 g/mol. The number of carbonyl (C=O) groups excluding carboxylic acids is 1. The quantitative estimate of drug-likeness (QED) is 0.774. The number of urea groups is 1. The third-order valence-electron chi connectivity index (χ3n) is 3.05. The summed E-state index contributed by atoms with van der Waals surface area (Å²) in [5, 5.41) is 14.1. The minimum atomic E-state index is -1.04. The van der Waals surface area contributed by atoms with E-state index < -0.39 is 18.0 Å². The van der Waals surface area contributed by atoms with E-state index in [9.17, 15) is 9.59 Å². The molecular weight excluding hydrogens is 256 g/mol. The Hall–Kier alpha value is -2.04. The Morgan fingerprint density at radius 2 is 1.60 bits per heavy atom. The summed E-state index contributed by atoms with van der Waals surface area (Å²) in [5.41, 5.74) is 1.82. The van der Waals surface area contributed by atoms with Crippen molar-refractivity contribution in [3.63, 3.8) is 0 Å². The van der Waals surface area contributed by atoms with E-state index in [1.165, 1.54) is 5.56 Å². The van der Waals surface area contributed by atoms with Crippen LogP contribution in [0.2, 0.25) is 0 Å². The maximum Gasteiger partial charge on any atom is 0.326 e. The lowest BCUT2D eigenvalue weighted by Gasteiger charge is -2.18. The number of rotatable bonds is 5. The Balaban J connectivity index is 2.64. The fourth-order valence-corrected chi connectivity index (χ4v) is 1.77. The second-order valence-electron chi connectivity index (χ2n) is 5.44. The lowest BCUT2D eigenvalue weighted by Crippen LogP contribution is -2.46. The highest BCUT2D eigenvalue weighted by atomic mass is 16.4. The molecule has 0 unspecified atom stereocenters. The highest BCUT2D eigenvalue weighted by molar-refractivity contribution is 5.92. The van der Waals surface area contributed by atoms with E-state index in [-0.39, 0.29) is 5.92 Å². The van der Waals surface area contributed by atoms with E-state index in [1.54, 1.807) is 26.0 Å². The van der Waals surface area contributed by atoms with E-state index in [0.717, 1.165) is 0 Å². The molecule has 1 aromatic carbocycles. The van der Waals surface area contributed by atoms with Gasteiger partial charge in [-0.1, -0.05) is 39.8 Å².